The Morgan fingerprint density at radius 1 is 1.09 bits per heavy atom. The summed E-state index contributed by atoms with van der Waals surface area (Å²) < 4.78 is 0. The molecule has 3 rings (SSSR count). The maximum Gasteiger partial charge on any atom is 0.223 e. The molecule has 0 spiro atoms. The van der Waals surface area contributed by atoms with E-state index in [2.05, 4.69) is 6.07 Å². The predicted molar refractivity (Wildman–Crippen MR) is 88.5 cm³/mol. The summed E-state index contributed by atoms with van der Waals surface area (Å²) >= 11 is 0. The average Bonchev–Trinajstić information content (AvgIpc) is 3.41. The highest BCUT2D eigenvalue weighted by Gasteiger charge is 2.31. The van der Waals surface area contributed by atoms with E-state index in [-0.39, 0.29) is 37.2 Å². The van der Waals surface area contributed by atoms with Crippen LogP contribution in [0.25, 0.3) is 0 Å². The third-order valence-electron chi connectivity index (χ3n) is 4.89. The fraction of sp³-hybridized carbons (Fsp3) is 0.579. The van der Waals surface area contributed by atoms with Crippen molar-refractivity contribution in [3.63, 3.8) is 0 Å². The Morgan fingerprint density at radius 3 is 2.52 bits per heavy atom. The minimum absolute atomic E-state index is 0.00661. The van der Waals surface area contributed by atoms with Gasteiger partial charge in [0.1, 0.15) is 0 Å². The molecule has 1 N–H and O–H groups in total. The fourth-order valence-electron chi connectivity index (χ4n) is 3.42. The lowest BCUT2D eigenvalue weighted by Gasteiger charge is -2.21. The zero-order chi connectivity index (χ0) is 16.2. The summed E-state index contributed by atoms with van der Waals surface area (Å²) in [6, 6.07) is 6.29. The molecule has 1 saturated carbocycles. The molecule has 1 amide bonds. The van der Waals surface area contributed by atoms with Crippen LogP contribution in [0.4, 0.5) is 0 Å². The third kappa shape index (κ3) is 3.99. The molecule has 0 heterocycles. The van der Waals surface area contributed by atoms with Crippen molar-refractivity contribution in [2.75, 3.05) is 13.2 Å². The molecule has 0 unspecified atom stereocenters. The van der Waals surface area contributed by atoms with Gasteiger partial charge in [-0.3, -0.25) is 9.59 Å². The zero-order valence-electron chi connectivity index (χ0n) is 13.6. The Labute approximate surface area is 137 Å². The zero-order valence-corrected chi connectivity index (χ0v) is 13.6. The van der Waals surface area contributed by atoms with Crippen molar-refractivity contribution in [1.82, 2.24) is 4.90 Å². The molecule has 4 nitrogen and oxygen atoms in total. The van der Waals surface area contributed by atoms with E-state index < -0.39 is 0 Å². The van der Waals surface area contributed by atoms with E-state index in [0.29, 0.717) is 6.54 Å². The van der Waals surface area contributed by atoms with Gasteiger partial charge in [0.25, 0.3) is 0 Å². The van der Waals surface area contributed by atoms with E-state index in [9.17, 15) is 9.59 Å². The third-order valence-corrected chi connectivity index (χ3v) is 4.89. The van der Waals surface area contributed by atoms with E-state index in [1.165, 1.54) is 24.0 Å². The molecule has 1 aromatic rings. The van der Waals surface area contributed by atoms with Gasteiger partial charge in [-0.1, -0.05) is 12.1 Å². The number of hydrogen-bond acceptors (Lipinski definition) is 3. The number of ketones is 1. The molecule has 2 aliphatic carbocycles. The van der Waals surface area contributed by atoms with Gasteiger partial charge in [0.05, 0.1) is 6.61 Å². The Kier molecular flexibility index (Phi) is 5.11. The summed E-state index contributed by atoms with van der Waals surface area (Å²) in [7, 11) is 0. The maximum absolute atomic E-state index is 12.4. The molecule has 2 aliphatic rings. The first-order valence-corrected chi connectivity index (χ1v) is 8.74. The molecular weight excluding hydrogens is 290 g/mol. The van der Waals surface area contributed by atoms with Gasteiger partial charge >= 0.3 is 0 Å². The first-order valence-electron chi connectivity index (χ1n) is 8.74. The topological polar surface area (TPSA) is 57.6 Å². The summed E-state index contributed by atoms with van der Waals surface area (Å²) in [5.74, 6) is 0.0410. The van der Waals surface area contributed by atoms with Crippen LogP contribution in [0.1, 0.15) is 60.0 Å². The van der Waals surface area contributed by atoms with Crippen LogP contribution in [-0.4, -0.2) is 40.9 Å². The van der Waals surface area contributed by atoms with Crippen LogP contribution < -0.4 is 0 Å². The minimum atomic E-state index is -0.0129. The van der Waals surface area contributed by atoms with E-state index >= 15 is 0 Å². The molecule has 124 valence electrons. The average molecular weight is 315 g/mol. The van der Waals surface area contributed by atoms with Gasteiger partial charge in [0.2, 0.25) is 5.91 Å². The van der Waals surface area contributed by atoms with Crippen LogP contribution in [-0.2, 0) is 17.6 Å². The van der Waals surface area contributed by atoms with Crippen molar-refractivity contribution in [2.24, 2.45) is 0 Å². The Balaban J connectivity index is 1.57. The van der Waals surface area contributed by atoms with Crippen molar-refractivity contribution in [3.8, 4) is 0 Å². The second-order valence-electron chi connectivity index (χ2n) is 6.66. The molecule has 0 saturated heterocycles. The summed E-state index contributed by atoms with van der Waals surface area (Å²) in [4.78, 5) is 26.4. The van der Waals surface area contributed by atoms with Crippen LogP contribution in [0, 0.1) is 0 Å². The summed E-state index contributed by atoms with van der Waals surface area (Å²) in [5.41, 5.74) is 3.40. The number of benzene rings is 1. The lowest BCUT2D eigenvalue weighted by Crippen LogP contribution is -2.35. The van der Waals surface area contributed by atoms with Crippen LogP contribution in [0.15, 0.2) is 18.2 Å². The fourth-order valence-corrected chi connectivity index (χ4v) is 3.42. The lowest BCUT2D eigenvalue weighted by atomic mass is 9.89. The van der Waals surface area contributed by atoms with E-state index in [1.807, 2.05) is 12.1 Å². The number of carbonyl (C=O) groups excluding carboxylic acids is 2. The maximum atomic E-state index is 12.4. The largest absolute Gasteiger partial charge is 0.395 e. The first kappa shape index (κ1) is 16.2. The molecular formula is C19H25NO3. The highest BCUT2D eigenvalue weighted by atomic mass is 16.3. The Morgan fingerprint density at radius 2 is 1.83 bits per heavy atom. The van der Waals surface area contributed by atoms with Crippen molar-refractivity contribution in [2.45, 2.75) is 57.4 Å². The van der Waals surface area contributed by atoms with Crippen molar-refractivity contribution in [3.05, 3.63) is 34.9 Å². The summed E-state index contributed by atoms with van der Waals surface area (Å²) in [6.07, 6.45) is 7.13. The standard InChI is InChI=1S/C19H25NO3/c21-12-11-20(17-7-8-17)19(23)10-9-18(22)16-6-5-14-3-1-2-4-15(14)13-16/h5-6,13,17,21H,1-4,7-12H2. The van der Waals surface area contributed by atoms with E-state index in [1.54, 1.807) is 4.90 Å². The van der Waals surface area contributed by atoms with Crippen LogP contribution in [0.5, 0.6) is 0 Å². The second-order valence-corrected chi connectivity index (χ2v) is 6.66. The Bertz CT molecular complexity index is 592. The molecule has 0 atom stereocenters. The lowest BCUT2D eigenvalue weighted by molar-refractivity contribution is -0.132. The number of nitrogens with zero attached hydrogens (tertiary/aromatic N) is 1. The molecule has 1 fully saturated rings. The van der Waals surface area contributed by atoms with Crippen molar-refractivity contribution < 1.29 is 14.7 Å². The quantitative estimate of drug-likeness (QED) is 0.787. The number of rotatable bonds is 7. The molecule has 0 aliphatic heterocycles. The highest BCUT2D eigenvalue weighted by Crippen LogP contribution is 2.27. The van der Waals surface area contributed by atoms with Crippen LogP contribution >= 0.6 is 0 Å². The van der Waals surface area contributed by atoms with Gasteiger partial charge in [-0.25, -0.2) is 0 Å². The number of carbonyl (C=O) groups is 2. The highest BCUT2D eigenvalue weighted by molar-refractivity contribution is 5.98. The minimum Gasteiger partial charge on any atom is -0.395 e. The number of aryl methyl sites for hydroxylation is 2. The monoisotopic (exact) mass is 315 g/mol. The van der Waals surface area contributed by atoms with Gasteiger partial charge in [-0.2, -0.15) is 0 Å². The molecule has 4 heteroatoms. The van der Waals surface area contributed by atoms with Gasteiger partial charge in [0, 0.05) is 31.0 Å². The second kappa shape index (κ2) is 7.26. The SMILES string of the molecule is O=C(CCC(=O)N(CCO)C1CC1)c1ccc2c(c1)CCCC2. The predicted octanol–water partition coefficient (Wildman–Crippen LogP) is 2.51. The van der Waals surface area contributed by atoms with Crippen molar-refractivity contribution in [1.29, 1.82) is 0 Å². The molecule has 23 heavy (non-hydrogen) atoms. The smallest absolute Gasteiger partial charge is 0.223 e. The molecule has 0 aromatic heterocycles. The van der Waals surface area contributed by atoms with Crippen molar-refractivity contribution >= 4 is 11.7 Å². The van der Waals surface area contributed by atoms with Crippen LogP contribution in [0.2, 0.25) is 0 Å². The number of fused-ring (bicyclic) bond motifs is 1. The number of aliphatic hydroxyl groups is 1. The Hall–Kier alpha value is -1.68. The summed E-state index contributed by atoms with van der Waals surface area (Å²) in [5, 5.41) is 9.07. The number of amides is 1. The summed E-state index contributed by atoms with van der Waals surface area (Å²) in [6.45, 7) is 0.373. The van der Waals surface area contributed by atoms with E-state index in [4.69, 9.17) is 5.11 Å². The van der Waals surface area contributed by atoms with Gasteiger partial charge in [-0.15, -0.1) is 0 Å². The van der Waals surface area contributed by atoms with E-state index in [0.717, 1.165) is 31.2 Å². The number of aliphatic hydroxyl groups excluding tert-OH is 1. The van der Waals surface area contributed by atoms with Gasteiger partial charge in [-0.05, 0) is 55.7 Å². The number of Topliss-reactive ketones (excluding diaryl/α,β-unsaturated/α-hetero) is 1. The van der Waals surface area contributed by atoms with Gasteiger partial charge < -0.3 is 10.0 Å². The molecule has 0 radical (unpaired) electrons. The first-order chi connectivity index (χ1) is 11.2. The number of hydrogen-bond donors (Lipinski definition) is 1. The molecule has 0 bridgehead atoms. The van der Waals surface area contributed by atoms with Crippen LogP contribution in [0.3, 0.4) is 0 Å². The molecule has 1 aromatic carbocycles. The normalized spacial score (nSPS) is 16.7. The van der Waals surface area contributed by atoms with Gasteiger partial charge in [0.15, 0.2) is 5.78 Å².